The van der Waals surface area contributed by atoms with Gasteiger partial charge in [-0.3, -0.25) is 14.9 Å². The lowest BCUT2D eigenvalue weighted by molar-refractivity contribution is -0.142. The van der Waals surface area contributed by atoms with E-state index in [4.69, 9.17) is 0 Å². The van der Waals surface area contributed by atoms with Crippen LogP contribution in [0.25, 0.3) is 0 Å². The lowest BCUT2D eigenvalue weighted by atomic mass is 9.93. The molecule has 1 aliphatic heterocycles. The van der Waals surface area contributed by atoms with Crippen LogP contribution in [0.4, 0.5) is 5.13 Å². The second-order valence-corrected chi connectivity index (χ2v) is 6.61. The molecule has 0 atom stereocenters. The Labute approximate surface area is 122 Å². The summed E-state index contributed by atoms with van der Waals surface area (Å²) in [5, 5.41) is 4.96. The predicted molar refractivity (Wildman–Crippen MR) is 79.8 cm³/mol. The van der Waals surface area contributed by atoms with E-state index in [1.807, 2.05) is 17.5 Å². The molecule has 1 aromatic rings. The Hall–Kier alpha value is -1.69. The van der Waals surface area contributed by atoms with Crippen molar-refractivity contribution in [1.82, 2.24) is 9.88 Å². The number of carbonyl (C=O) groups is 2. The molecule has 1 aromatic heterocycles. The summed E-state index contributed by atoms with van der Waals surface area (Å²) in [7, 11) is 0. The van der Waals surface area contributed by atoms with Crippen molar-refractivity contribution in [3.63, 3.8) is 0 Å². The molecule has 108 valence electrons. The molecule has 0 saturated heterocycles. The van der Waals surface area contributed by atoms with Crippen LogP contribution in [-0.4, -0.2) is 34.8 Å². The first-order chi connectivity index (χ1) is 9.38. The molecule has 1 N–H and O–H groups in total. The van der Waals surface area contributed by atoms with Crippen molar-refractivity contribution in [2.24, 2.45) is 0 Å². The van der Waals surface area contributed by atoms with Crippen LogP contribution >= 0.6 is 11.3 Å². The summed E-state index contributed by atoms with van der Waals surface area (Å²) in [6, 6.07) is 0. The number of aromatic nitrogens is 1. The van der Waals surface area contributed by atoms with Gasteiger partial charge in [0.2, 0.25) is 0 Å². The molecule has 1 aliphatic rings. The van der Waals surface area contributed by atoms with Crippen LogP contribution < -0.4 is 5.32 Å². The molecule has 0 fully saturated rings. The van der Waals surface area contributed by atoms with Gasteiger partial charge >= 0.3 is 11.8 Å². The molecule has 0 unspecified atom stereocenters. The normalized spacial score (nSPS) is 15.2. The molecule has 6 heteroatoms. The topological polar surface area (TPSA) is 62.3 Å². The Morgan fingerprint density at radius 1 is 1.35 bits per heavy atom. The minimum atomic E-state index is -0.616. The number of nitrogens with one attached hydrogen (secondary N) is 1. The van der Waals surface area contributed by atoms with Crippen LogP contribution in [0.5, 0.6) is 0 Å². The number of carbonyl (C=O) groups excluding carboxylic acids is 2. The highest BCUT2D eigenvalue weighted by molar-refractivity contribution is 7.14. The third kappa shape index (κ3) is 3.45. The second-order valence-electron chi connectivity index (χ2n) is 5.75. The van der Waals surface area contributed by atoms with Crippen molar-refractivity contribution in [3.05, 3.63) is 23.2 Å². The summed E-state index contributed by atoms with van der Waals surface area (Å²) in [5.74, 6) is -1.11. The fourth-order valence-electron chi connectivity index (χ4n) is 1.80. The summed E-state index contributed by atoms with van der Waals surface area (Å²) in [5.41, 5.74) is 0.840. The molecule has 0 radical (unpaired) electrons. The highest BCUT2D eigenvalue weighted by Crippen LogP contribution is 2.26. The van der Waals surface area contributed by atoms with Gasteiger partial charge in [0.1, 0.15) is 0 Å². The first kappa shape index (κ1) is 14.7. The van der Waals surface area contributed by atoms with Crippen LogP contribution in [0.15, 0.2) is 17.5 Å². The summed E-state index contributed by atoms with van der Waals surface area (Å²) >= 11 is 1.34. The van der Waals surface area contributed by atoms with E-state index in [0.717, 1.165) is 12.1 Å². The minimum absolute atomic E-state index is 0.0683. The summed E-state index contributed by atoms with van der Waals surface area (Å²) in [6.45, 7) is 7.25. The van der Waals surface area contributed by atoms with Gasteiger partial charge in [-0.15, -0.1) is 11.3 Å². The van der Waals surface area contributed by atoms with Crippen LogP contribution in [-0.2, 0) is 15.0 Å². The van der Waals surface area contributed by atoms with Crippen LogP contribution in [0.2, 0.25) is 0 Å². The zero-order valence-electron chi connectivity index (χ0n) is 12.0. The third-order valence-electron chi connectivity index (χ3n) is 3.03. The number of amides is 2. The van der Waals surface area contributed by atoms with Gasteiger partial charge in [-0.05, 0) is 6.42 Å². The molecule has 0 aliphatic carbocycles. The predicted octanol–water partition coefficient (Wildman–Crippen LogP) is 2.17. The molecular formula is C14H19N3O2S. The van der Waals surface area contributed by atoms with E-state index in [0.29, 0.717) is 18.2 Å². The number of rotatable bonds is 1. The molecule has 20 heavy (non-hydrogen) atoms. The minimum Gasteiger partial charge on any atom is -0.330 e. The van der Waals surface area contributed by atoms with Crippen molar-refractivity contribution in [2.45, 2.75) is 32.6 Å². The van der Waals surface area contributed by atoms with E-state index >= 15 is 0 Å². The lowest BCUT2D eigenvalue weighted by Gasteiger charge is -2.22. The Balaban J connectivity index is 1.99. The molecule has 2 rings (SSSR count). The summed E-state index contributed by atoms with van der Waals surface area (Å²) < 4.78 is 0. The molecule has 2 heterocycles. The number of nitrogens with zero attached hydrogens (tertiary/aromatic N) is 2. The maximum absolute atomic E-state index is 12.0. The number of anilines is 1. The first-order valence-electron chi connectivity index (χ1n) is 6.59. The highest BCUT2D eigenvalue weighted by Gasteiger charge is 2.24. The number of thiazole rings is 1. The van der Waals surface area contributed by atoms with Gasteiger partial charge in [-0.25, -0.2) is 4.98 Å². The van der Waals surface area contributed by atoms with Crippen molar-refractivity contribution < 1.29 is 9.59 Å². The summed E-state index contributed by atoms with van der Waals surface area (Å²) in [6.07, 6.45) is 4.71. The molecule has 2 amide bonds. The van der Waals surface area contributed by atoms with Crippen LogP contribution in [0.3, 0.4) is 0 Å². The Morgan fingerprint density at radius 2 is 2.10 bits per heavy atom. The van der Waals surface area contributed by atoms with Gasteiger partial charge in [0.15, 0.2) is 5.13 Å². The van der Waals surface area contributed by atoms with E-state index in [-0.39, 0.29) is 5.41 Å². The van der Waals surface area contributed by atoms with Gasteiger partial charge in [0.05, 0.1) is 5.69 Å². The van der Waals surface area contributed by atoms with E-state index in [1.54, 1.807) is 0 Å². The Bertz CT molecular complexity index is 543. The van der Waals surface area contributed by atoms with Crippen molar-refractivity contribution in [3.8, 4) is 0 Å². The van der Waals surface area contributed by atoms with E-state index in [2.05, 4.69) is 31.1 Å². The second kappa shape index (κ2) is 5.75. The summed E-state index contributed by atoms with van der Waals surface area (Å²) in [4.78, 5) is 29.8. The van der Waals surface area contributed by atoms with Crippen molar-refractivity contribution in [2.75, 3.05) is 18.4 Å². The average molecular weight is 293 g/mol. The van der Waals surface area contributed by atoms with E-state index in [1.165, 1.54) is 16.2 Å². The Kier molecular flexibility index (Phi) is 4.23. The van der Waals surface area contributed by atoms with Gasteiger partial charge < -0.3 is 4.90 Å². The van der Waals surface area contributed by atoms with Gasteiger partial charge in [-0.2, -0.15) is 0 Å². The standard InChI is InChI=1S/C14H19N3O2S/c1-14(2,3)10-9-20-13(15-10)16-11(18)12(19)17-7-5-4-6-8-17/h4-5,9H,6-8H2,1-3H3,(H,15,16,18). The highest BCUT2D eigenvalue weighted by atomic mass is 32.1. The maximum atomic E-state index is 12.0. The fourth-order valence-corrected chi connectivity index (χ4v) is 2.73. The maximum Gasteiger partial charge on any atom is 0.315 e. The average Bonchev–Trinajstić information content (AvgIpc) is 2.87. The molecule has 0 saturated carbocycles. The van der Waals surface area contributed by atoms with Gasteiger partial charge in [0.25, 0.3) is 0 Å². The third-order valence-corrected chi connectivity index (χ3v) is 3.79. The zero-order chi connectivity index (χ0) is 14.8. The number of hydrogen-bond acceptors (Lipinski definition) is 4. The SMILES string of the molecule is CC(C)(C)c1csc(NC(=O)C(=O)N2CC=CCC2)n1. The molecule has 5 nitrogen and oxygen atoms in total. The van der Waals surface area contributed by atoms with Crippen LogP contribution in [0.1, 0.15) is 32.9 Å². The quantitative estimate of drug-likeness (QED) is 0.637. The van der Waals surface area contributed by atoms with E-state index < -0.39 is 11.8 Å². The molecule has 0 bridgehead atoms. The van der Waals surface area contributed by atoms with Crippen molar-refractivity contribution in [1.29, 1.82) is 0 Å². The van der Waals surface area contributed by atoms with Crippen molar-refractivity contribution >= 4 is 28.3 Å². The first-order valence-corrected chi connectivity index (χ1v) is 7.47. The Morgan fingerprint density at radius 3 is 2.65 bits per heavy atom. The fraction of sp³-hybridized carbons (Fsp3) is 0.500. The lowest BCUT2D eigenvalue weighted by Crippen LogP contribution is -2.41. The van der Waals surface area contributed by atoms with Crippen LogP contribution in [0, 0.1) is 0 Å². The molecule has 0 aromatic carbocycles. The molecular weight excluding hydrogens is 274 g/mol. The molecule has 0 spiro atoms. The zero-order valence-corrected chi connectivity index (χ0v) is 12.8. The van der Waals surface area contributed by atoms with Gasteiger partial charge in [-0.1, -0.05) is 32.9 Å². The smallest absolute Gasteiger partial charge is 0.315 e. The van der Waals surface area contributed by atoms with Gasteiger partial charge in [0, 0.05) is 23.9 Å². The number of hydrogen-bond donors (Lipinski definition) is 1. The monoisotopic (exact) mass is 293 g/mol. The largest absolute Gasteiger partial charge is 0.330 e. The van der Waals surface area contributed by atoms with E-state index in [9.17, 15) is 9.59 Å².